The monoisotopic (exact) mass is 730 g/mol. The summed E-state index contributed by atoms with van der Waals surface area (Å²) >= 11 is 0. The van der Waals surface area contributed by atoms with Gasteiger partial charge >= 0.3 is 5.97 Å². The standard InChI is InChI=1S/C37H66N2O12/c1-14-25-37(10,44)32-20(4)27(38-51-32)18(2)16-35(8,43)31(50-34-28(40)24(39(11)12)15-19(3)46-34)21(5)29(22(6)33(42)48-25)49-26-17-36(9,45-13)30(41)23(7)47-26/h18-26,28-32,34,40-41,43-44H,14-17H2,1-13H3/t18-,19-,20+,21+,22-,23+,24+,25?,26+,28-,29?,30+,31-,32-,34+,35-,36-,37-/m1/s1. The first kappa shape index (κ1) is 42.3. The lowest BCUT2D eigenvalue weighted by Crippen LogP contribution is -2.61. The Balaban J connectivity index is 1.82. The van der Waals surface area contributed by atoms with Gasteiger partial charge in [0, 0.05) is 37.3 Å². The highest BCUT2D eigenvalue weighted by atomic mass is 16.7. The van der Waals surface area contributed by atoms with Gasteiger partial charge in [-0.3, -0.25) is 4.79 Å². The quantitative estimate of drug-likeness (QED) is 0.282. The molecule has 3 fully saturated rings. The van der Waals surface area contributed by atoms with Gasteiger partial charge in [-0.05, 0) is 74.9 Å². The summed E-state index contributed by atoms with van der Waals surface area (Å²) in [5.74, 6) is -3.02. The number of carbonyl (C=O) groups excluding carboxylic acids is 1. The Hall–Kier alpha value is -1.46. The average molecular weight is 731 g/mol. The summed E-state index contributed by atoms with van der Waals surface area (Å²) < 4.78 is 37.6. The van der Waals surface area contributed by atoms with E-state index in [-0.39, 0.29) is 36.8 Å². The maximum atomic E-state index is 14.2. The molecule has 18 atom stereocenters. The molecule has 4 rings (SSSR count). The predicted octanol–water partition coefficient (Wildman–Crippen LogP) is 2.61. The molecule has 0 spiro atoms. The van der Waals surface area contributed by atoms with Crippen molar-refractivity contribution < 1.29 is 58.5 Å². The van der Waals surface area contributed by atoms with Crippen molar-refractivity contribution in [2.45, 2.75) is 179 Å². The second-order valence-electron chi connectivity index (χ2n) is 16.7. The van der Waals surface area contributed by atoms with Crippen LogP contribution in [0.3, 0.4) is 0 Å². The van der Waals surface area contributed by atoms with Gasteiger partial charge in [0.25, 0.3) is 0 Å². The number of carbonyl (C=O) groups is 1. The van der Waals surface area contributed by atoms with Gasteiger partial charge in [0.05, 0.1) is 47.2 Å². The third-order valence-corrected chi connectivity index (χ3v) is 12.1. The summed E-state index contributed by atoms with van der Waals surface area (Å²) in [6.45, 7) is 17.8. The molecule has 2 bridgehead atoms. The molecule has 0 aromatic heterocycles. The van der Waals surface area contributed by atoms with Crippen LogP contribution in [0.1, 0.15) is 94.9 Å². The number of aliphatic hydroxyl groups is 4. The lowest BCUT2D eigenvalue weighted by molar-refractivity contribution is -0.317. The Morgan fingerprint density at radius 3 is 2.20 bits per heavy atom. The Kier molecular flexibility index (Phi) is 13.4. The first-order chi connectivity index (χ1) is 23.6. The first-order valence-electron chi connectivity index (χ1n) is 18.7. The SMILES string of the molecule is CCC1OC(=O)[C@H](C)C(O[C@H]2C[C@@](C)(OC)[C@@H](O)[C@H](C)O2)[C@H](C)[C@@H](O[C@@H]2O[C@H](C)C[C@H](N(C)C)[C@H]2O)[C@](C)(O)C[C@@H](C)C2=NO[C@H]([C@H]2C)[C@]1(C)O. The van der Waals surface area contributed by atoms with Gasteiger partial charge in [-0.25, -0.2) is 0 Å². The Morgan fingerprint density at radius 2 is 1.61 bits per heavy atom. The first-order valence-corrected chi connectivity index (χ1v) is 18.7. The van der Waals surface area contributed by atoms with Crippen molar-refractivity contribution in [3.05, 3.63) is 0 Å². The molecular weight excluding hydrogens is 664 g/mol. The van der Waals surface area contributed by atoms with E-state index >= 15 is 0 Å². The Morgan fingerprint density at radius 1 is 0.961 bits per heavy atom. The van der Waals surface area contributed by atoms with Crippen molar-refractivity contribution in [3.8, 4) is 0 Å². The molecule has 0 aromatic rings. The van der Waals surface area contributed by atoms with E-state index in [1.165, 1.54) is 7.11 Å². The molecule has 0 radical (unpaired) electrons. The van der Waals surface area contributed by atoms with Gasteiger partial charge in [-0.2, -0.15) is 0 Å². The highest BCUT2D eigenvalue weighted by Crippen LogP contribution is 2.42. The van der Waals surface area contributed by atoms with Crippen molar-refractivity contribution in [1.29, 1.82) is 0 Å². The Bertz CT molecular complexity index is 1220. The molecule has 4 aliphatic rings. The molecule has 0 aliphatic carbocycles. The van der Waals surface area contributed by atoms with Crippen LogP contribution in [0.4, 0.5) is 0 Å². The zero-order chi connectivity index (χ0) is 38.4. The lowest BCUT2D eigenvalue weighted by Gasteiger charge is -2.49. The minimum Gasteiger partial charge on any atom is -0.459 e. The number of hydrogen-bond acceptors (Lipinski definition) is 14. The minimum atomic E-state index is -1.60. The summed E-state index contributed by atoms with van der Waals surface area (Å²) in [5, 5.41) is 51.2. The fourth-order valence-electron chi connectivity index (χ4n) is 8.90. The van der Waals surface area contributed by atoms with Gasteiger partial charge in [-0.15, -0.1) is 0 Å². The highest BCUT2D eigenvalue weighted by Gasteiger charge is 2.55. The lowest BCUT2D eigenvalue weighted by atomic mass is 9.74. The van der Waals surface area contributed by atoms with Crippen LogP contribution in [0, 0.1) is 23.7 Å². The van der Waals surface area contributed by atoms with Crippen LogP contribution in [-0.4, -0.2) is 142 Å². The summed E-state index contributed by atoms with van der Waals surface area (Å²) in [5.41, 5.74) is -3.54. The summed E-state index contributed by atoms with van der Waals surface area (Å²) in [6.07, 6.45) is -7.51. The maximum absolute atomic E-state index is 14.2. The molecule has 4 aliphatic heterocycles. The van der Waals surface area contributed by atoms with E-state index in [1.54, 1.807) is 34.6 Å². The number of aliphatic hydroxyl groups excluding tert-OH is 2. The molecule has 2 unspecified atom stereocenters. The third-order valence-electron chi connectivity index (χ3n) is 12.1. The number of oxime groups is 1. The molecule has 14 nitrogen and oxygen atoms in total. The molecule has 0 amide bonds. The molecule has 0 aromatic carbocycles. The van der Waals surface area contributed by atoms with Gasteiger partial charge in [0.15, 0.2) is 18.7 Å². The third kappa shape index (κ3) is 8.60. The summed E-state index contributed by atoms with van der Waals surface area (Å²) in [7, 11) is 5.29. The van der Waals surface area contributed by atoms with Crippen LogP contribution in [0.2, 0.25) is 0 Å². The normalized spacial score (nSPS) is 50.3. The van der Waals surface area contributed by atoms with Gasteiger partial charge in [0.2, 0.25) is 0 Å². The van der Waals surface area contributed by atoms with Crippen LogP contribution in [0.15, 0.2) is 5.16 Å². The molecule has 51 heavy (non-hydrogen) atoms. The number of likely N-dealkylation sites (N-methyl/N-ethyl adjacent to an activating group) is 1. The smallest absolute Gasteiger partial charge is 0.311 e. The van der Waals surface area contributed by atoms with E-state index < -0.39 is 89.9 Å². The highest BCUT2D eigenvalue weighted by molar-refractivity contribution is 5.89. The van der Waals surface area contributed by atoms with Crippen LogP contribution >= 0.6 is 0 Å². The molecular formula is C37H66N2O12. The van der Waals surface area contributed by atoms with E-state index in [0.717, 1.165) is 0 Å². The second-order valence-corrected chi connectivity index (χ2v) is 16.7. The van der Waals surface area contributed by atoms with E-state index in [2.05, 4.69) is 5.16 Å². The summed E-state index contributed by atoms with van der Waals surface area (Å²) in [4.78, 5) is 22.0. The fraction of sp³-hybridized carbons (Fsp3) is 0.946. The molecule has 4 N–H and O–H groups in total. The number of cyclic esters (lactones) is 1. The average Bonchev–Trinajstić information content (AvgIpc) is 3.45. The van der Waals surface area contributed by atoms with Crippen LogP contribution < -0.4 is 0 Å². The minimum absolute atomic E-state index is 0.147. The van der Waals surface area contributed by atoms with Crippen molar-refractivity contribution >= 4 is 11.7 Å². The number of fused-ring (bicyclic) bond motifs is 2. The molecule has 296 valence electrons. The van der Waals surface area contributed by atoms with Crippen LogP contribution in [0.5, 0.6) is 0 Å². The molecule has 4 heterocycles. The maximum Gasteiger partial charge on any atom is 0.311 e. The van der Waals surface area contributed by atoms with E-state index in [4.69, 9.17) is 33.3 Å². The van der Waals surface area contributed by atoms with Gasteiger partial charge in [0.1, 0.15) is 23.9 Å². The summed E-state index contributed by atoms with van der Waals surface area (Å²) in [6, 6.07) is -0.269. The number of hydrogen-bond donors (Lipinski definition) is 4. The predicted molar refractivity (Wildman–Crippen MR) is 188 cm³/mol. The largest absolute Gasteiger partial charge is 0.459 e. The zero-order valence-electron chi connectivity index (χ0n) is 32.9. The molecule has 0 saturated carbocycles. The molecule has 3 saturated heterocycles. The number of methoxy groups -OCH3 is 1. The van der Waals surface area contributed by atoms with Crippen LogP contribution in [-0.2, 0) is 38.1 Å². The van der Waals surface area contributed by atoms with Crippen molar-refractivity contribution in [1.82, 2.24) is 4.90 Å². The van der Waals surface area contributed by atoms with Gasteiger partial charge < -0.3 is 58.6 Å². The molecule has 14 heteroatoms. The van der Waals surface area contributed by atoms with Gasteiger partial charge in [-0.1, -0.05) is 32.9 Å². The number of nitrogens with zero attached hydrogens (tertiary/aromatic N) is 2. The fourth-order valence-corrected chi connectivity index (χ4v) is 8.90. The Labute approximate surface area is 304 Å². The van der Waals surface area contributed by atoms with Crippen molar-refractivity contribution in [3.63, 3.8) is 0 Å². The van der Waals surface area contributed by atoms with Crippen molar-refractivity contribution in [2.24, 2.45) is 28.8 Å². The number of rotatable bonds is 7. The zero-order valence-corrected chi connectivity index (χ0v) is 32.9. The second kappa shape index (κ2) is 16.1. The van der Waals surface area contributed by atoms with E-state index in [9.17, 15) is 25.2 Å². The number of esters is 1. The number of ether oxygens (including phenoxy) is 6. The van der Waals surface area contributed by atoms with Crippen LogP contribution in [0.25, 0.3) is 0 Å². The van der Waals surface area contributed by atoms with E-state index in [0.29, 0.717) is 18.6 Å². The van der Waals surface area contributed by atoms with E-state index in [1.807, 2.05) is 53.6 Å². The van der Waals surface area contributed by atoms with Crippen molar-refractivity contribution in [2.75, 3.05) is 21.2 Å². The topological polar surface area (TPSA) is 178 Å².